The van der Waals surface area contributed by atoms with Crippen molar-refractivity contribution in [1.82, 2.24) is 4.90 Å². The van der Waals surface area contributed by atoms with Crippen molar-refractivity contribution < 1.29 is 9.59 Å². The fourth-order valence-electron chi connectivity index (χ4n) is 1.20. The fraction of sp³-hybridized carbons (Fsp3) is 0.714. The molecule has 1 fully saturated rings. The molecule has 1 aliphatic heterocycles. The number of amides is 2. The first-order valence-corrected chi connectivity index (χ1v) is 5.13. The summed E-state index contributed by atoms with van der Waals surface area (Å²) in [5.74, 6) is -0.0552. The second kappa shape index (κ2) is 3.51. The van der Waals surface area contributed by atoms with Crippen LogP contribution in [0.3, 0.4) is 0 Å². The van der Waals surface area contributed by atoms with Gasteiger partial charge in [-0.25, -0.2) is 0 Å². The highest BCUT2D eigenvalue weighted by atomic mass is 127. The SMILES string of the molecule is CCC1CC(=O)N(CI)C1=O. The Morgan fingerprint density at radius 1 is 1.64 bits per heavy atom. The van der Waals surface area contributed by atoms with E-state index in [4.69, 9.17) is 0 Å². The zero-order valence-electron chi connectivity index (χ0n) is 6.34. The molecule has 1 heterocycles. The van der Waals surface area contributed by atoms with Crippen LogP contribution in [-0.2, 0) is 9.59 Å². The van der Waals surface area contributed by atoms with Crippen molar-refractivity contribution in [3.05, 3.63) is 0 Å². The maximum atomic E-state index is 11.3. The first-order valence-electron chi connectivity index (χ1n) is 3.60. The third-order valence-corrected chi connectivity index (χ3v) is 2.63. The summed E-state index contributed by atoms with van der Waals surface area (Å²) in [6.45, 7) is 1.94. The van der Waals surface area contributed by atoms with Gasteiger partial charge in [0.15, 0.2) is 0 Å². The lowest BCUT2D eigenvalue weighted by Crippen LogP contribution is -2.28. The predicted molar refractivity (Wildman–Crippen MR) is 49.1 cm³/mol. The van der Waals surface area contributed by atoms with Gasteiger partial charge in [0.25, 0.3) is 0 Å². The highest BCUT2D eigenvalue weighted by molar-refractivity contribution is 14.1. The van der Waals surface area contributed by atoms with Gasteiger partial charge in [0.2, 0.25) is 11.8 Å². The van der Waals surface area contributed by atoms with Crippen molar-refractivity contribution in [1.29, 1.82) is 0 Å². The van der Waals surface area contributed by atoms with Crippen molar-refractivity contribution in [2.24, 2.45) is 5.92 Å². The van der Waals surface area contributed by atoms with E-state index in [0.29, 0.717) is 11.0 Å². The molecule has 0 spiro atoms. The summed E-state index contributed by atoms with van der Waals surface area (Å²) in [5, 5.41) is 0. The summed E-state index contributed by atoms with van der Waals surface area (Å²) in [6, 6.07) is 0. The molecule has 2 amide bonds. The number of hydrogen-bond donors (Lipinski definition) is 0. The number of carbonyl (C=O) groups is 2. The van der Waals surface area contributed by atoms with Crippen molar-refractivity contribution in [2.75, 3.05) is 4.55 Å². The molecular formula is C7H10INO2. The average Bonchev–Trinajstić information content (AvgIpc) is 2.26. The topological polar surface area (TPSA) is 37.4 Å². The molecule has 11 heavy (non-hydrogen) atoms. The number of hydrogen-bond acceptors (Lipinski definition) is 2. The van der Waals surface area contributed by atoms with E-state index in [-0.39, 0.29) is 17.7 Å². The van der Waals surface area contributed by atoms with Crippen LogP contribution in [0, 0.1) is 5.92 Å². The molecule has 0 radical (unpaired) electrons. The van der Waals surface area contributed by atoms with Crippen LogP contribution in [0.25, 0.3) is 0 Å². The Morgan fingerprint density at radius 2 is 2.27 bits per heavy atom. The molecule has 1 atom stereocenters. The van der Waals surface area contributed by atoms with Gasteiger partial charge in [0.1, 0.15) is 0 Å². The number of imide groups is 1. The number of rotatable bonds is 2. The molecule has 0 saturated carbocycles. The zero-order valence-corrected chi connectivity index (χ0v) is 8.50. The van der Waals surface area contributed by atoms with E-state index in [0.717, 1.165) is 6.42 Å². The summed E-state index contributed by atoms with van der Waals surface area (Å²) in [7, 11) is 0. The lowest BCUT2D eigenvalue weighted by atomic mass is 10.1. The highest BCUT2D eigenvalue weighted by Crippen LogP contribution is 2.22. The molecule has 0 aromatic heterocycles. The number of alkyl halides is 1. The molecule has 1 saturated heterocycles. The van der Waals surface area contributed by atoms with E-state index in [2.05, 4.69) is 0 Å². The van der Waals surface area contributed by atoms with Crippen molar-refractivity contribution in [3.8, 4) is 0 Å². The molecule has 3 nitrogen and oxygen atoms in total. The maximum Gasteiger partial charge on any atom is 0.233 e. The molecule has 0 aliphatic carbocycles. The van der Waals surface area contributed by atoms with Crippen LogP contribution in [0.2, 0.25) is 0 Å². The van der Waals surface area contributed by atoms with Gasteiger partial charge in [0.05, 0.1) is 4.55 Å². The van der Waals surface area contributed by atoms with Crippen molar-refractivity contribution in [2.45, 2.75) is 19.8 Å². The van der Waals surface area contributed by atoms with E-state index in [1.54, 1.807) is 0 Å². The second-order valence-corrected chi connectivity index (χ2v) is 3.27. The smallest absolute Gasteiger partial charge is 0.233 e. The molecular weight excluding hydrogens is 257 g/mol. The maximum absolute atomic E-state index is 11.3. The minimum atomic E-state index is -0.0442. The lowest BCUT2D eigenvalue weighted by Gasteiger charge is -2.09. The Balaban J connectivity index is 2.71. The summed E-state index contributed by atoms with van der Waals surface area (Å²) >= 11 is 2.03. The first-order chi connectivity index (χ1) is 5.20. The molecule has 1 unspecified atom stereocenters. The Hall–Kier alpha value is -0.130. The summed E-state index contributed by atoms with van der Waals surface area (Å²) in [5.41, 5.74) is 0. The van der Waals surface area contributed by atoms with Crippen LogP contribution >= 0.6 is 22.6 Å². The fourth-order valence-corrected chi connectivity index (χ4v) is 1.91. The molecule has 1 aliphatic rings. The standard InChI is InChI=1S/C7H10INO2/c1-2-5-3-6(10)9(4-8)7(5)11/h5H,2-4H2,1H3. The third kappa shape index (κ3) is 1.55. The predicted octanol–water partition coefficient (Wildman–Crippen LogP) is 1.16. The number of halogens is 1. The summed E-state index contributed by atoms with van der Waals surface area (Å²) in [4.78, 5) is 23.7. The Kier molecular flexibility index (Phi) is 2.86. The molecule has 0 aromatic rings. The van der Waals surface area contributed by atoms with E-state index in [1.807, 2.05) is 29.5 Å². The first kappa shape index (κ1) is 8.96. The van der Waals surface area contributed by atoms with Gasteiger partial charge < -0.3 is 0 Å². The van der Waals surface area contributed by atoms with Gasteiger partial charge in [-0.15, -0.1) is 0 Å². The van der Waals surface area contributed by atoms with Crippen LogP contribution in [-0.4, -0.2) is 21.3 Å². The van der Waals surface area contributed by atoms with Crippen LogP contribution in [0.4, 0.5) is 0 Å². The minimum Gasteiger partial charge on any atom is -0.274 e. The van der Waals surface area contributed by atoms with Crippen LogP contribution in [0.15, 0.2) is 0 Å². The lowest BCUT2D eigenvalue weighted by molar-refractivity contribution is -0.137. The molecule has 1 rings (SSSR count). The molecule has 0 aromatic carbocycles. The van der Waals surface area contributed by atoms with Crippen LogP contribution in [0.1, 0.15) is 19.8 Å². The van der Waals surface area contributed by atoms with E-state index in [1.165, 1.54) is 4.90 Å². The van der Waals surface area contributed by atoms with E-state index < -0.39 is 0 Å². The minimum absolute atomic E-state index is 0.00639. The molecule has 62 valence electrons. The van der Waals surface area contributed by atoms with Crippen LogP contribution in [0.5, 0.6) is 0 Å². The van der Waals surface area contributed by atoms with Crippen molar-refractivity contribution >= 4 is 34.4 Å². The Morgan fingerprint density at radius 3 is 2.55 bits per heavy atom. The van der Waals surface area contributed by atoms with Gasteiger partial charge in [-0.05, 0) is 6.42 Å². The largest absolute Gasteiger partial charge is 0.274 e. The zero-order chi connectivity index (χ0) is 8.43. The number of carbonyl (C=O) groups excluding carboxylic acids is 2. The molecule has 0 bridgehead atoms. The summed E-state index contributed by atoms with van der Waals surface area (Å²) in [6.07, 6.45) is 1.19. The van der Waals surface area contributed by atoms with Gasteiger partial charge >= 0.3 is 0 Å². The van der Waals surface area contributed by atoms with Crippen LogP contribution < -0.4 is 0 Å². The quantitative estimate of drug-likeness (QED) is 0.326. The van der Waals surface area contributed by atoms with E-state index in [9.17, 15) is 9.59 Å². The number of likely N-dealkylation sites (tertiary alicyclic amines) is 1. The Bertz CT molecular complexity index is 193. The monoisotopic (exact) mass is 267 g/mol. The van der Waals surface area contributed by atoms with Gasteiger partial charge in [0, 0.05) is 12.3 Å². The Labute approximate surface area is 79.3 Å². The second-order valence-electron chi connectivity index (χ2n) is 2.59. The van der Waals surface area contributed by atoms with Gasteiger partial charge in [-0.1, -0.05) is 29.5 Å². The molecule has 4 heteroatoms. The average molecular weight is 267 g/mol. The van der Waals surface area contributed by atoms with Crippen molar-refractivity contribution in [3.63, 3.8) is 0 Å². The van der Waals surface area contributed by atoms with E-state index >= 15 is 0 Å². The number of nitrogens with zero attached hydrogens (tertiary/aromatic N) is 1. The highest BCUT2D eigenvalue weighted by Gasteiger charge is 2.36. The van der Waals surface area contributed by atoms with Gasteiger partial charge in [-0.2, -0.15) is 0 Å². The van der Waals surface area contributed by atoms with Gasteiger partial charge in [-0.3, -0.25) is 14.5 Å². The normalized spacial score (nSPS) is 24.9. The summed E-state index contributed by atoms with van der Waals surface area (Å²) < 4.78 is 0.492. The third-order valence-electron chi connectivity index (χ3n) is 1.95. The molecule has 0 N–H and O–H groups in total.